The van der Waals surface area contributed by atoms with Crippen LogP contribution in [0.3, 0.4) is 0 Å². The van der Waals surface area contributed by atoms with Gasteiger partial charge in [0.1, 0.15) is 0 Å². The average molecular weight is 143 g/mol. The van der Waals surface area contributed by atoms with E-state index in [0.29, 0.717) is 12.6 Å². The molecule has 0 bridgehead atoms. The highest BCUT2D eigenvalue weighted by atomic mass is 16.6. The molecular formula is C6H13N3O. The van der Waals surface area contributed by atoms with E-state index in [0.717, 1.165) is 12.5 Å². The lowest BCUT2D eigenvalue weighted by Crippen LogP contribution is -2.37. The van der Waals surface area contributed by atoms with Crippen molar-refractivity contribution in [3.63, 3.8) is 0 Å². The quantitative estimate of drug-likeness (QED) is 0.529. The van der Waals surface area contributed by atoms with Crippen LogP contribution < -0.4 is 10.8 Å². The summed E-state index contributed by atoms with van der Waals surface area (Å²) < 4.78 is 0. The van der Waals surface area contributed by atoms with Crippen molar-refractivity contribution in [1.82, 2.24) is 10.8 Å². The monoisotopic (exact) mass is 143 g/mol. The van der Waals surface area contributed by atoms with E-state index in [1.165, 1.54) is 0 Å². The zero-order chi connectivity index (χ0) is 7.40. The Balaban J connectivity index is 2.17. The number of aliphatic imine (C=N–C) groups is 1. The maximum absolute atomic E-state index is 4.92. The minimum absolute atomic E-state index is 0.433. The molecule has 0 amide bonds. The first-order chi connectivity index (χ1) is 4.83. The smallest absolute Gasteiger partial charge is 0.216 e. The van der Waals surface area contributed by atoms with Gasteiger partial charge in [-0.25, -0.2) is 10.5 Å². The Morgan fingerprint density at radius 3 is 3.20 bits per heavy atom. The molecule has 0 saturated heterocycles. The fraction of sp³-hybridized carbons (Fsp3) is 0.833. The van der Waals surface area contributed by atoms with E-state index in [1.54, 1.807) is 0 Å². The van der Waals surface area contributed by atoms with E-state index in [4.69, 9.17) is 4.84 Å². The molecule has 2 N–H and O–H groups in total. The van der Waals surface area contributed by atoms with Crippen LogP contribution in [0.4, 0.5) is 0 Å². The summed E-state index contributed by atoms with van der Waals surface area (Å²) in [5.74, 6) is 0.745. The Labute approximate surface area is 60.6 Å². The number of nitrogens with one attached hydrogen (secondary N) is 2. The fourth-order valence-electron chi connectivity index (χ4n) is 0.755. The molecule has 1 aliphatic rings. The van der Waals surface area contributed by atoms with E-state index < -0.39 is 0 Å². The highest BCUT2D eigenvalue weighted by Gasteiger charge is 2.10. The van der Waals surface area contributed by atoms with Gasteiger partial charge in [0.25, 0.3) is 0 Å². The van der Waals surface area contributed by atoms with E-state index in [1.807, 2.05) is 6.92 Å². The standard InChI is InChI=1S/C6H13N3O/c1-3-10-9-6-7-4-5(2)8-6/h5H,3-4H2,1-2H3,(H2,7,8,9). The SMILES string of the molecule is CCONC1=NCC(C)N1. The average Bonchev–Trinajstić information content (AvgIpc) is 2.31. The van der Waals surface area contributed by atoms with Gasteiger partial charge in [-0.2, -0.15) is 0 Å². The molecule has 10 heavy (non-hydrogen) atoms. The lowest BCUT2D eigenvalue weighted by Gasteiger charge is -2.06. The van der Waals surface area contributed by atoms with Gasteiger partial charge < -0.3 is 5.32 Å². The summed E-state index contributed by atoms with van der Waals surface area (Å²) in [5.41, 5.74) is 2.70. The van der Waals surface area contributed by atoms with E-state index in [-0.39, 0.29) is 0 Å². The summed E-state index contributed by atoms with van der Waals surface area (Å²) in [5, 5.41) is 3.10. The Morgan fingerprint density at radius 2 is 2.70 bits per heavy atom. The lowest BCUT2D eigenvalue weighted by atomic mass is 10.4. The fourth-order valence-corrected chi connectivity index (χ4v) is 0.755. The summed E-state index contributed by atoms with van der Waals surface area (Å²) in [6, 6.07) is 0.433. The van der Waals surface area contributed by atoms with Crippen molar-refractivity contribution in [2.45, 2.75) is 19.9 Å². The predicted octanol–water partition coefficient (Wildman–Crippen LogP) is -0.125. The molecule has 1 heterocycles. The molecular weight excluding hydrogens is 130 g/mol. The molecule has 1 aliphatic heterocycles. The molecule has 1 unspecified atom stereocenters. The molecule has 4 nitrogen and oxygen atoms in total. The summed E-state index contributed by atoms with van der Waals surface area (Å²) in [6.45, 7) is 5.47. The second kappa shape index (κ2) is 3.41. The Hall–Kier alpha value is -0.770. The molecule has 4 heteroatoms. The maximum Gasteiger partial charge on any atom is 0.216 e. The molecule has 1 rings (SSSR count). The number of hydroxylamine groups is 1. The number of hydrogen-bond acceptors (Lipinski definition) is 4. The van der Waals surface area contributed by atoms with Crippen molar-refractivity contribution >= 4 is 5.96 Å². The third-order valence-corrected chi connectivity index (χ3v) is 1.22. The lowest BCUT2D eigenvalue weighted by molar-refractivity contribution is 0.0946. The van der Waals surface area contributed by atoms with Gasteiger partial charge in [0.15, 0.2) is 0 Å². The number of guanidine groups is 1. The van der Waals surface area contributed by atoms with Crippen molar-refractivity contribution in [3.05, 3.63) is 0 Å². The first-order valence-corrected chi connectivity index (χ1v) is 3.51. The predicted molar refractivity (Wildman–Crippen MR) is 39.7 cm³/mol. The van der Waals surface area contributed by atoms with Gasteiger partial charge in [-0.1, -0.05) is 0 Å². The van der Waals surface area contributed by atoms with Gasteiger partial charge in [-0.05, 0) is 13.8 Å². The molecule has 0 aromatic carbocycles. The number of rotatable bonds is 2. The van der Waals surface area contributed by atoms with Crippen LogP contribution in [0, 0.1) is 0 Å². The Bertz CT molecular complexity index is 135. The van der Waals surface area contributed by atoms with Crippen molar-refractivity contribution in [1.29, 1.82) is 0 Å². The van der Waals surface area contributed by atoms with Crippen LogP contribution in [-0.2, 0) is 4.84 Å². The van der Waals surface area contributed by atoms with Gasteiger partial charge >= 0.3 is 0 Å². The molecule has 0 spiro atoms. The van der Waals surface area contributed by atoms with Gasteiger partial charge in [-0.15, -0.1) is 0 Å². The summed E-state index contributed by atoms with van der Waals surface area (Å²) in [4.78, 5) is 9.05. The zero-order valence-electron chi connectivity index (χ0n) is 6.35. The first kappa shape index (κ1) is 7.34. The molecule has 0 fully saturated rings. The van der Waals surface area contributed by atoms with Crippen molar-refractivity contribution < 1.29 is 4.84 Å². The number of hydrogen-bond donors (Lipinski definition) is 2. The first-order valence-electron chi connectivity index (χ1n) is 3.51. The molecule has 0 radical (unpaired) electrons. The highest BCUT2D eigenvalue weighted by molar-refractivity contribution is 5.80. The van der Waals surface area contributed by atoms with Gasteiger partial charge in [0, 0.05) is 6.04 Å². The summed E-state index contributed by atoms with van der Waals surface area (Å²) in [7, 11) is 0. The van der Waals surface area contributed by atoms with Crippen molar-refractivity contribution in [3.8, 4) is 0 Å². The normalized spacial score (nSPS) is 23.8. The van der Waals surface area contributed by atoms with Crippen LogP contribution in [0.2, 0.25) is 0 Å². The maximum atomic E-state index is 4.92. The van der Waals surface area contributed by atoms with Gasteiger partial charge in [0.05, 0.1) is 13.2 Å². The van der Waals surface area contributed by atoms with Crippen LogP contribution >= 0.6 is 0 Å². The largest absolute Gasteiger partial charge is 0.350 e. The second-order valence-corrected chi connectivity index (χ2v) is 2.27. The van der Waals surface area contributed by atoms with E-state index >= 15 is 0 Å². The minimum atomic E-state index is 0.433. The highest BCUT2D eigenvalue weighted by Crippen LogP contribution is 1.91. The van der Waals surface area contributed by atoms with E-state index in [2.05, 4.69) is 22.7 Å². The Morgan fingerprint density at radius 1 is 1.90 bits per heavy atom. The van der Waals surface area contributed by atoms with Crippen LogP contribution in [0.15, 0.2) is 4.99 Å². The van der Waals surface area contributed by atoms with Crippen LogP contribution in [0.25, 0.3) is 0 Å². The third kappa shape index (κ3) is 1.88. The van der Waals surface area contributed by atoms with Crippen molar-refractivity contribution in [2.24, 2.45) is 4.99 Å². The van der Waals surface area contributed by atoms with Gasteiger partial charge in [0.2, 0.25) is 5.96 Å². The molecule has 0 aromatic heterocycles. The van der Waals surface area contributed by atoms with Gasteiger partial charge in [-0.3, -0.25) is 4.84 Å². The minimum Gasteiger partial charge on any atom is -0.350 e. The molecule has 0 saturated carbocycles. The molecule has 58 valence electrons. The van der Waals surface area contributed by atoms with Crippen molar-refractivity contribution in [2.75, 3.05) is 13.2 Å². The van der Waals surface area contributed by atoms with E-state index in [9.17, 15) is 0 Å². The Kier molecular flexibility index (Phi) is 2.50. The van der Waals surface area contributed by atoms with Crippen LogP contribution in [-0.4, -0.2) is 25.2 Å². The summed E-state index contributed by atoms with van der Waals surface area (Å²) >= 11 is 0. The summed E-state index contributed by atoms with van der Waals surface area (Å²) in [6.07, 6.45) is 0. The zero-order valence-corrected chi connectivity index (χ0v) is 6.35. The molecule has 1 atom stereocenters. The second-order valence-electron chi connectivity index (χ2n) is 2.27. The van der Waals surface area contributed by atoms with Crippen LogP contribution in [0.1, 0.15) is 13.8 Å². The van der Waals surface area contributed by atoms with Crippen LogP contribution in [0.5, 0.6) is 0 Å². The molecule has 0 aromatic rings. The number of nitrogens with zero attached hydrogens (tertiary/aromatic N) is 1. The third-order valence-electron chi connectivity index (χ3n) is 1.22. The molecule has 0 aliphatic carbocycles. The topological polar surface area (TPSA) is 45.6 Å².